The fourth-order valence-corrected chi connectivity index (χ4v) is 5.63. The van der Waals surface area contributed by atoms with Crippen LogP contribution in [0, 0.1) is 5.92 Å². The van der Waals surface area contributed by atoms with Crippen molar-refractivity contribution < 1.29 is 13.5 Å². The number of halogens is 1. The number of aliphatic hydroxyl groups excluding tert-OH is 1. The van der Waals surface area contributed by atoms with Gasteiger partial charge in [0, 0.05) is 10.9 Å². The van der Waals surface area contributed by atoms with Crippen molar-refractivity contribution in [3.05, 3.63) is 14.7 Å². The summed E-state index contributed by atoms with van der Waals surface area (Å²) in [4.78, 5) is 0.869. The van der Waals surface area contributed by atoms with E-state index in [2.05, 4.69) is 27.6 Å². The van der Waals surface area contributed by atoms with E-state index in [0.29, 0.717) is 14.6 Å². The van der Waals surface area contributed by atoms with E-state index in [1.54, 1.807) is 0 Å². The highest BCUT2D eigenvalue weighted by atomic mass is 79.9. The minimum atomic E-state index is -3.46. The van der Waals surface area contributed by atoms with Crippen molar-refractivity contribution in [2.45, 2.75) is 37.3 Å². The van der Waals surface area contributed by atoms with E-state index in [-0.39, 0.29) is 17.5 Å². The lowest BCUT2D eigenvalue weighted by Crippen LogP contribution is -2.26. The molecule has 2 atom stereocenters. The largest absolute Gasteiger partial charge is 0.391 e. The number of sulfonamides is 1. The number of rotatable bonds is 5. The number of hydrogen-bond acceptors (Lipinski definition) is 4. The molecule has 0 aromatic carbocycles. The summed E-state index contributed by atoms with van der Waals surface area (Å²) in [6.45, 7) is 1.92. The van der Waals surface area contributed by atoms with Crippen LogP contribution >= 0.6 is 27.3 Å². The number of thiophene rings is 1. The molecule has 1 heterocycles. The van der Waals surface area contributed by atoms with Gasteiger partial charge in [-0.3, -0.25) is 0 Å². The Balaban J connectivity index is 2.17. The highest BCUT2D eigenvalue weighted by Gasteiger charge is 2.39. The van der Waals surface area contributed by atoms with Crippen molar-refractivity contribution in [3.8, 4) is 0 Å². The SMILES string of the molecule is CCC1CC1NS(=O)(=O)c1cc(CO)sc1Br. The Morgan fingerprint density at radius 3 is 2.82 bits per heavy atom. The fraction of sp³-hybridized carbons (Fsp3) is 0.600. The third kappa shape index (κ3) is 2.90. The zero-order chi connectivity index (χ0) is 12.6. The maximum absolute atomic E-state index is 12.1. The predicted octanol–water partition coefficient (Wildman–Crippen LogP) is 2.08. The predicted molar refractivity (Wildman–Crippen MR) is 70.4 cm³/mol. The Bertz CT molecular complexity index is 512. The van der Waals surface area contributed by atoms with Gasteiger partial charge in [0.15, 0.2) is 0 Å². The molecule has 1 aromatic heterocycles. The monoisotopic (exact) mass is 339 g/mol. The summed E-state index contributed by atoms with van der Waals surface area (Å²) in [6.07, 6.45) is 1.92. The van der Waals surface area contributed by atoms with E-state index < -0.39 is 10.0 Å². The molecule has 0 amide bonds. The molecule has 2 rings (SSSR count). The van der Waals surface area contributed by atoms with E-state index in [1.165, 1.54) is 17.4 Å². The van der Waals surface area contributed by atoms with Gasteiger partial charge in [-0.05, 0) is 34.3 Å². The minimum Gasteiger partial charge on any atom is -0.391 e. The summed E-state index contributed by atoms with van der Waals surface area (Å²) in [7, 11) is -3.46. The quantitative estimate of drug-likeness (QED) is 0.862. The maximum atomic E-state index is 12.1. The van der Waals surface area contributed by atoms with E-state index >= 15 is 0 Å². The summed E-state index contributed by atoms with van der Waals surface area (Å²) in [6, 6.07) is 1.59. The molecular formula is C10H14BrNO3S2. The lowest BCUT2D eigenvalue weighted by molar-refractivity contribution is 0.285. The molecule has 1 aromatic rings. The van der Waals surface area contributed by atoms with E-state index in [1.807, 2.05) is 0 Å². The molecule has 4 nitrogen and oxygen atoms in total. The van der Waals surface area contributed by atoms with Gasteiger partial charge in [-0.2, -0.15) is 0 Å². The topological polar surface area (TPSA) is 66.4 Å². The zero-order valence-corrected chi connectivity index (χ0v) is 12.5. The van der Waals surface area contributed by atoms with Gasteiger partial charge >= 0.3 is 0 Å². The lowest BCUT2D eigenvalue weighted by Gasteiger charge is -2.04. The molecule has 1 fully saturated rings. The second-order valence-corrected chi connectivity index (χ2v) is 8.28. The van der Waals surface area contributed by atoms with Crippen LogP contribution in [0.5, 0.6) is 0 Å². The minimum absolute atomic E-state index is 0.0781. The van der Waals surface area contributed by atoms with Crippen LogP contribution in [-0.2, 0) is 16.6 Å². The van der Waals surface area contributed by atoms with Crippen molar-refractivity contribution in [2.75, 3.05) is 0 Å². The summed E-state index contributed by atoms with van der Waals surface area (Å²) in [5.74, 6) is 0.472. The van der Waals surface area contributed by atoms with Crippen molar-refractivity contribution in [1.29, 1.82) is 0 Å². The van der Waals surface area contributed by atoms with E-state index in [0.717, 1.165) is 12.8 Å². The summed E-state index contributed by atoms with van der Waals surface area (Å²) >= 11 is 4.47. The first-order valence-corrected chi connectivity index (χ1v) is 8.48. The molecule has 1 aliphatic carbocycles. The molecule has 96 valence electrons. The van der Waals surface area contributed by atoms with Crippen molar-refractivity contribution in [1.82, 2.24) is 4.72 Å². The van der Waals surface area contributed by atoms with Crippen molar-refractivity contribution in [2.24, 2.45) is 5.92 Å². The fourth-order valence-electron chi connectivity index (χ4n) is 1.76. The summed E-state index contributed by atoms with van der Waals surface area (Å²) in [5.41, 5.74) is 0. The smallest absolute Gasteiger partial charge is 0.242 e. The summed E-state index contributed by atoms with van der Waals surface area (Å²) in [5, 5.41) is 8.99. The highest BCUT2D eigenvalue weighted by Crippen LogP contribution is 2.37. The first-order chi connectivity index (χ1) is 7.97. The molecule has 1 aliphatic rings. The van der Waals surface area contributed by atoms with E-state index in [4.69, 9.17) is 5.11 Å². The van der Waals surface area contributed by atoms with Crippen LogP contribution in [0.2, 0.25) is 0 Å². The molecule has 0 spiro atoms. The zero-order valence-electron chi connectivity index (χ0n) is 9.31. The molecule has 1 saturated carbocycles. The molecule has 0 radical (unpaired) electrons. The van der Waals surface area contributed by atoms with Crippen LogP contribution in [0.3, 0.4) is 0 Å². The molecule has 0 saturated heterocycles. The number of aliphatic hydroxyl groups is 1. The van der Waals surface area contributed by atoms with Crippen LogP contribution in [0.25, 0.3) is 0 Å². The van der Waals surface area contributed by atoms with Gasteiger partial charge in [-0.1, -0.05) is 13.3 Å². The van der Waals surface area contributed by atoms with Gasteiger partial charge in [0.2, 0.25) is 10.0 Å². The van der Waals surface area contributed by atoms with Crippen molar-refractivity contribution >= 4 is 37.3 Å². The average molecular weight is 340 g/mol. The van der Waals surface area contributed by atoms with Crippen LogP contribution < -0.4 is 4.72 Å². The van der Waals surface area contributed by atoms with Crippen LogP contribution in [-0.4, -0.2) is 19.6 Å². The Hall–Kier alpha value is 0.0500. The van der Waals surface area contributed by atoms with Crippen LogP contribution in [0.4, 0.5) is 0 Å². The first-order valence-electron chi connectivity index (χ1n) is 5.39. The second-order valence-electron chi connectivity index (χ2n) is 4.14. The second kappa shape index (κ2) is 4.97. The molecule has 17 heavy (non-hydrogen) atoms. The van der Waals surface area contributed by atoms with Gasteiger partial charge in [-0.15, -0.1) is 11.3 Å². The average Bonchev–Trinajstić information content (AvgIpc) is 2.88. The van der Waals surface area contributed by atoms with Gasteiger partial charge in [0.25, 0.3) is 0 Å². The molecule has 2 N–H and O–H groups in total. The third-order valence-corrected chi connectivity index (χ3v) is 6.63. The maximum Gasteiger partial charge on any atom is 0.242 e. The van der Waals surface area contributed by atoms with Crippen LogP contribution in [0.1, 0.15) is 24.6 Å². The van der Waals surface area contributed by atoms with Gasteiger partial charge < -0.3 is 5.11 Å². The van der Waals surface area contributed by atoms with Gasteiger partial charge in [-0.25, -0.2) is 13.1 Å². The molecule has 0 aliphatic heterocycles. The Morgan fingerprint density at radius 2 is 2.35 bits per heavy atom. The van der Waals surface area contributed by atoms with Crippen molar-refractivity contribution in [3.63, 3.8) is 0 Å². The number of hydrogen-bond donors (Lipinski definition) is 2. The Labute approximate surface area is 113 Å². The first kappa shape index (κ1) is 13.5. The standard InChI is InChI=1S/C10H14BrNO3S2/c1-2-6-3-8(6)12-17(14,15)9-4-7(5-13)16-10(9)11/h4,6,8,12-13H,2-3,5H2,1H3. The summed E-state index contributed by atoms with van der Waals surface area (Å²) < 4.78 is 27.4. The Kier molecular flexibility index (Phi) is 3.94. The van der Waals surface area contributed by atoms with E-state index in [9.17, 15) is 8.42 Å². The molecule has 0 bridgehead atoms. The Morgan fingerprint density at radius 1 is 1.65 bits per heavy atom. The highest BCUT2D eigenvalue weighted by molar-refractivity contribution is 9.11. The third-order valence-electron chi connectivity index (χ3n) is 2.91. The molecular weight excluding hydrogens is 326 g/mol. The normalized spacial score (nSPS) is 23.9. The van der Waals surface area contributed by atoms with Crippen LogP contribution in [0.15, 0.2) is 14.7 Å². The van der Waals surface area contributed by atoms with Gasteiger partial charge in [0.1, 0.15) is 4.90 Å². The molecule has 2 unspecified atom stereocenters. The lowest BCUT2D eigenvalue weighted by atomic mass is 10.3. The molecule has 7 heteroatoms. The number of nitrogens with one attached hydrogen (secondary N) is 1. The van der Waals surface area contributed by atoms with Gasteiger partial charge in [0.05, 0.1) is 10.4 Å².